The first kappa shape index (κ1) is 12.5. The van der Waals surface area contributed by atoms with Crippen LogP contribution in [0.3, 0.4) is 0 Å². The molecule has 2 heterocycles. The van der Waals surface area contributed by atoms with Crippen LogP contribution in [0.1, 0.15) is 52.6 Å². The molecular formula is C17H16N2O2. The fourth-order valence-corrected chi connectivity index (χ4v) is 3.19. The van der Waals surface area contributed by atoms with Gasteiger partial charge in [-0.15, -0.1) is 0 Å². The van der Waals surface area contributed by atoms with Crippen molar-refractivity contribution in [2.24, 2.45) is 0 Å². The van der Waals surface area contributed by atoms with Gasteiger partial charge in [0.2, 0.25) is 0 Å². The Balaban J connectivity index is 1.77. The zero-order valence-electron chi connectivity index (χ0n) is 11.7. The van der Waals surface area contributed by atoms with Gasteiger partial charge in [0.1, 0.15) is 11.6 Å². The van der Waals surface area contributed by atoms with Crippen LogP contribution < -0.4 is 4.74 Å². The third kappa shape index (κ3) is 2.11. The Hall–Kier alpha value is -2.23. The topological polar surface area (TPSA) is 52.1 Å². The van der Waals surface area contributed by atoms with Crippen LogP contribution in [0.2, 0.25) is 0 Å². The number of Topliss-reactive ketones (excluding diaryl/α,β-unsaturated/α-hetero) is 1. The standard InChI is InChI=1S/C17H16N2O2/c20-15-6-3-5-14-13(15)10-18-17(19-14)12-8-9-21-16-7-2-1-4-11(12)16/h1-2,4,7,10,12H,3,5-6,8-9H2. The van der Waals surface area contributed by atoms with E-state index in [4.69, 9.17) is 9.72 Å². The highest BCUT2D eigenvalue weighted by Crippen LogP contribution is 2.36. The molecule has 106 valence electrons. The summed E-state index contributed by atoms with van der Waals surface area (Å²) in [6.07, 6.45) is 4.99. The smallest absolute Gasteiger partial charge is 0.166 e. The fraction of sp³-hybridized carbons (Fsp3) is 0.353. The number of benzene rings is 1. The monoisotopic (exact) mass is 280 g/mol. The summed E-state index contributed by atoms with van der Waals surface area (Å²) in [6, 6.07) is 8.06. The molecule has 0 amide bonds. The van der Waals surface area contributed by atoms with Crippen molar-refractivity contribution in [2.75, 3.05) is 6.61 Å². The minimum atomic E-state index is 0.164. The highest BCUT2D eigenvalue weighted by atomic mass is 16.5. The molecule has 1 unspecified atom stereocenters. The van der Waals surface area contributed by atoms with Crippen LogP contribution in [0.4, 0.5) is 0 Å². The zero-order valence-corrected chi connectivity index (χ0v) is 11.7. The Morgan fingerprint density at radius 2 is 2.10 bits per heavy atom. The van der Waals surface area contributed by atoms with E-state index in [0.29, 0.717) is 18.6 Å². The molecule has 4 nitrogen and oxygen atoms in total. The van der Waals surface area contributed by atoms with Gasteiger partial charge in [0.15, 0.2) is 5.78 Å². The number of hydrogen-bond donors (Lipinski definition) is 0. The number of aryl methyl sites for hydroxylation is 1. The van der Waals surface area contributed by atoms with E-state index in [1.54, 1.807) is 6.20 Å². The molecule has 4 heteroatoms. The molecule has 0 saturated heterocycles. The average Bonchev–Trinajstić information content (AvgIpc) is 2.54. The largest absolute Gasteiger partial charge is 0.493 e. The minimum Gasteiger partial charge on any atom is -0.493 e. The van der Waals surface area contributed by atoms with E-state index in [0.717, 1.165) is 42.1 Å². The number of carbonyl (C=O) groups is 1. The molecule has 21 heavy (non-hydrogen) atoms. The van der Waals surface area contributed by atoms with Crippen LogP contribution in [-0.4, -0.2) is 22.4 Å². The summed E-state index contributed by atoms with van der Waals surface area (Å²) in [4.78, 5) is 21.0. The van der Waals surface area contributed by atoms with Crippen molar-refractivity contribution in [3.05, 3.63) is 53.1 Å². The predicted molar refractivity (Wildman–Crippen MR) is 77.7 cm³/mol. The van der Waals surface area contributed by atoms with Gasteiger partial charge in [-0.3, -0.25) is 4.79 Å². The van der Waals surface area contributed by atoms with Crippen LogP contribution in [-0.2, 0) is 6.42 Å². The molecule has 1 aliphatic heterocycles. The van der Waals surface area contributed by atoms with E-state index in [2.05, 4.69) is 11.1 Å². The van der Waals surface area contributed by atoms with Crippen molar-refractivity contribution in [3.63, 3.8) is 0 Å². The van der Waals surface area contributed by atoms with E-state index >= 15 is 0 Å². The third-order valence-corrected chi connectivity index (χ3v) is 4.27. The number of nitrogens with zero attached hydrogens (tertiary/aromatic N) is 2. The zero-order chi connectivity index (χ0) is 14.2. The lowest BCUT2D eigenvalue weighted by molar-refractivity contribution is 0.0971. The van der Waals surface area contributed by atoms with Crippen molar-refractivity contribution < 1.29 is 9.53 Å². The molecule has 0 bridgehead atoms. The van der Waals surface area contributed by atoms with E-state index in [1.165, 1.54) is 0 Å². The molecule has 0 saturated carbocycles. The summed E-state index contributed by atoms with van der Waals surface area (Å²) in [5.41, 5.74) is 2.77. The van der Waals surface area contributed by atoms with Crippen LogP contribution >= 0.6 is 0 Å². The molecule has 0 spiro atoms. The molecule has 2 aromatic rings. The molecular weight excluding hydrogens is 264 g/mol. The second kappa shape index (κ2) is 4.95. The van der Waals surface area contributed by atoms with E-state index in [-0.39, 0.29) is 11.7 Å². The van der Waals surface area contributed by atoms with Crippen molar-refractivity contribution >= 4 is 5.78 Å². The molecule has 4 rings (SSSR count). The number of rotatable bonds is 1. The molecule has 1 atom stereocenters. The van der Waals surface area contributed by atoms with Gasteiger partial charge in [0.05, 0.1) is 23.8 Å². The minimum absolute atomic E-state index is 0.164. The first-order valence-electron chi connectivity index (χ1n) is 7.43. The Bertz CT molecular complexity index is 712. The van der Waals surface area contributed by atoms with Gasteiger partial charge in [-0.1, -0.05) is 18.2 Å². The summed E-state index contributed by atoms with van der Waals surface area (Å²) in [5, 5.41) is 0. The summed E-state index contributed by atoms with van der Waals surface area (Å²) in [7, 11) is 0. The number of hydrogen-bond acceptors (Lipinski definition) is 4. The van der Waals surface area contributed by atoms with Crippen molar-refractivity contribution in [1.29, 1.82) is 0 Å². The van der Waals surface area contributed by atoms with E-state index < -0.39 is 0 Å². The number of fused-ring (bicyclic) bond motifs is 2. The molecule has 1 aromatic carbocycles. The lowest BCUT2D eigenvalue weighted by Crippen LogP contribution is -2.20. The number of aromatic nitrogens is 2. The van der Waals surface area contributed by atoms with Crippen LogP contribution in [0, 0.1) is 0 Å². The third-order valence-electron chi connectivity index (χ3n) is 4.27. The summed E-state index contributed by atoms with van der Waals surface area (Å²) in [5.74, 6) is 2.08. The normalized spacial score (nSPS) is 20.4. The van der Waals surface area contributed by atoms with Crippen LogP contribution in [0.15, 0.2) is 30.5 Å². The number of para-hydroxylation sites is 1. The van der Waals surface area contributed by atoms with Gasteiger partial charge in [-0.25, -0.2) is 9.97 Å². The van der Waals surface area contributed by atoms with Crippen molar-refractivity contribution in [2.45, 2.75) is 31.6 Å². The fourth-order valence-electron chi connectivity index (χ4n) is 3.19. The highest BCUT2D eigenvalue weighted by Gasteiger charge is 2.27. The molecule has 1 aromatic heterocycles. The first-order chi connectivity index (χ1) is 10.3. The predicted octanol–water partition coefficient (Wildman–Crippen LogP) is 2.91. The Morgan fingerprint density at radius 1 is 1.19 bits per heavy atom. The van der Waals surface area contributed by atoms with Gasteiger partial charge in [0, 0.05) is 18.2 Å². The maximum atomic E-state index is 11.9. The second-order valence-electron chi connectivity index (χ2n) is 5.59. The lowest BCUT2D eigenvalue weighted by atomic mass is 9.91. The second-order valence-corrected chi connectivity index (χ2v) is 5.59. The quantitative estimate of drug-likeness (QED) is 0.806. The van der Waals surface area contributed by atoms with E-state index in [1.807, 2.05) is 18.2 Å². The van der Waals surface area contributed by atoms with Crippen molar-refractivity contribution in [3.8, 4) is 5.75 Å². The number of ether oxygens (including phenoxy) is 1. The SMILES string of the molecule is O=C1CCCc2nc(C3CCOc4ccccc43)ncc21. The van der Waals surface area contributed by atoms with Gasteiger partial charge in [-0.05, 0) is 25.3 Å². The maximum absolute atomic E-state index is 11.9. The average molecular weight is 280 g/mol. The molecule has 0 fully saturated rings. The number of ketones is 1. The molecule has 1 aliphatic carbocycles. The summed E-state index contributed by atoms with van der Waals surface area (Å²) < 4.78 is 5.70. The Labute approximate surface area is 123 Å². The van der Waals surface area contributed by atoms with Gasteiger partial charge in [-0.2, -0.15) is 0 Å². The summed E-state index contributed by atoms with van der Waals surface area (Å²) in [6.45, 7) is 0.682. The van der Waals surface area contributed by atoms with Gasteiger partial charge < -0.3 is 4.74 Å². The van der Waals surface area contributed by atoms with E-state index in [9.17, 15) is 4.79 Å². The summed E-state index contributed by atoms with van der Waals surface area (Å²) >= 11 is 0. The van der Waals surface area contributed by atoms with Crippen molar-refractivity contribution in [1.82, 2.24) is 9.97 Å². The van der Waals surface area contributed by atoms with Gasteiger partial charge >= 0.3 is 0 Å². The van der Waals surface area contributed by atoms with Crippen LogP contribution in [0.25, 0.3) is 0 Å². The molecule has 0 N–H and O–H groups in total. The number of carbonyl (C=O) groups excluding carboxylic acids is 1. The first-order valence-corrected chi connectivity index (χ1v) is 7.43. The Morgan fingerprint density at radius 3 is 3.05 bits per heavy atom. The maximum Gasteiger partial charge on any atom is 0.166 e. The van der Waals surface area contributed by atoms with Crippen LogP contribution in [0.5, 0.6) is 5.75 Å². The Kier molecular flexibility index (Phi) is 2.95. The highest BCUT2D eigenvalue weighted by molar-refractivity contribution is 5.97. The van der Waals surface area contributed by atoms with Gasteiger partial charge in [0.25, 0.3) is 0 Å². The lowest BCUT2D eigenvalue weighted by Gasteiger charge is -2.25. The molecule has 0 radical (unpaired) electrons. The molecule has 2 aliphatic rings.